The van der Waals surface area contributed by atoms with E-state index in [2.05, 4.69) is 12.2 Å². The first-order valence-electron chi connectivity index (χ1n) is 6.36. The third-order valence-corrected chi connectivity index (χ3v) is 3.39. The fraction of sp³-hybridized carbons (Fsp3) is 0.571. The molecule has 18 heavy (non-hydrogen) atoms. The number of rotatable bonds is 8. The van der Waals surface area contributed by atoms with Crippen LogP contribution in [0.2, 0.25) is 10.0 Å². The van der Waals surface area contributed by atoms with Crippen LogP contribution in [0.15, 0.2) is 18.2 Å². The summed E-state index contributed by atoms with van der Waals surface area (Å²) >= 11 is 12.3. The van der Waals surface area contributed by atoms with E-state index in [-0.39, 0.29) is 6.04 Å². The Kier molecular flexibility index (Phi) is 7.68. The highest BCUT2D eigenvalue weighted by atomic mass is 35.5. The van der Waals surface area contributed by atoms with Crippen molar-refractivity contribution < 1.29 is 4.74 Å². The Bertz CT molecular complexity index is 358. The predicted octanol–water partition coefficient (Wildman–Crippen LogP) is 4.46. The maximum atomic E-state index is 6.25. The second kappa shape index (κ2) is 8.76. The maximum Gasteiger partial charge on any atom is 0.0462 e. The van der Waals surface area contributed by atoms with E-state index in [9.17, 15) is 0 Å². The third kappa shape index (κ3) is 5.15. The van der Waals surface area contributed by atoms with Crippen molar-refractivity contribution in [2.24, 2.45) is 0 Å². The Morgan fingerprint density at radius 1 is 1.33 bits per heavy atom. The first-order valence-corrected chi connectivity index (χ1v) is 7.12. The van der Waals surface area contributed by atoms with E-state index >= 15 is 0 Å². The molecule has 1 aromatic carbocycles. The summed E-state index contributed by atoms with van der Waals surface area (Å²) in [6.45, 7) is 3.89. The first-order chi connectivity index (χ1) is 8.69. The molecule has 0 aliphatic heterocycles. The molecule has 0 bridgehead atoms. The molecular formula is C14H21Cl2NO. The molecule has 0 radical (unpaired) electrons. The molecule has 0 aliphatic rings. The fourth-order valence-corrected chi connectivity index (χ4v) is 2.33. The van der Waals surface area contributed by atoms with E-state index in [4.69, 9.17) is 27.9 Å². The van der Waals surface area contributed by atoms with Gasteiger partial charge in [0.25, 0.3) is 0 Å². The molecular weight excluding hydrogens is 269 g/mol. The standard InChI is InChI=1S/C14H21Cl2NO/c1-3-8-17-14(5-4-9-18-2)12-10-11(15)6-7-13(12)16/h6-7,10,14,17H,3-5,8-9H2,1-2H3. The van der Waals surface area contributed by atoms with Gasteiger partial charge in [0.1, 0.15) is 0 Å². The molecule has 1 rings (SSSR count). The number of methoxy groups -OCH3 is 1. The van der Waals surface area contributed by atoms with Crippen molar-refractivity contribution in [3.63, 3.8) is 0 Å². The monoisotopic (exact) mass is 289 g/mol. The van der Waals surface area contributed by atoms with E-state index in [1.54, 1.807) is 7.11 Å². The smallest absolute Gasteiger partial charge is 0.0462 e. The largest absolute Gasteiger partial charge is 0.385 e. The lowest BCUT2D eigenvalue weighted by Crippen LogP contribution is -2.22. The van der Waals surface area contributed by atoms with Gasteiger partial charge in [0, 0.05) is 29.8 Å². The highest BCUT2D eigenvalue weighted by molar-refractivity contribution is 6.33. The van der Waals surface area contributed by atoms with Crippen molar-refractivity contribution >= 4 is 23.2 Å². The molecule has 0 amide bonds. The summed E-state index contributed by atoms with van der Waals surface area (Å²) in [4.78, 5) is 0. The Labute approximate surface area is 120 Å². The summed E-state index contributed by atoms with van der Waals surface area (Å²) in [7, 11) is 1.72. The second-order valence-corrected chi connectivity index (χ2v) is 5.15. The molecule has 1 unspecified atom stereocenters. The summed E-state index contributed by atoms with van der Waals surface area (Å²) in [6, 6.07) is 5.87. The Balaban J connectivity index is 2.75. The van der Waals surface area contributed by atoms with Crippen LogP contribution in [-0.4, -0.2) is 20.3 Å². The summed E-state index contributed by atoms with van der Waals surface area (Å²) in [5, 5.41) is 5.01. The van der Waals surface area contributed by atoms with E-state index in [0.717, 1.165) is 48.0 Å². The Hall–Kier alpha value is -0.280. The number of halogens is 2. The number of ether oxygens (including phenoxy) is 1. The van der Waals surface area contributed by atoms with Gasteiger partial charge in [0.15, 0.2) is 0 Å². The van der Waals surface area contributed by atoms with Crippen molar-refractivity contribution in [2.45, 2.75) is 32.2 Å². The van der Waals surface area contributed by atoms with Crippen molar-refractivity contribution in [3.05, 3.63) is 33.8 Å². The molecule has 102 valence electrons. The molecule has 1 atom stereocenters. The molecule has 0 heterocycles. The topological polar surface area (TPSA) is 21.3 Å². The van der Waals surface area contributed by atoms with Crippen LogP contribution < -0.4 is 5.32 Å². The molecule has 1 aromatic rings. The van der Waals surface area contributed by atoms with E-state index < -0.39 is 0 Å². The quantitative estimate of drug-likeness (QED) is 0.714. The van der Waals surface area contributed by atoms with E-state index in [1.807, 2.05) is 18.2 Å². The predicted molar refractivity (Wildman–Crippen MR) is 78.6 cm³/mol. The van der Waals surface area contributed by atoms with Crippen LogP contribution in [0, 0.1) is 0 Å². The molecule has 0 aromatic heterocycles. The van der Waals surface area contributed by atoms with Crippen LogP contribution in [-0.2, 0) is 4.74 Å². The van der Waals surface area contributed by atoms with Gasteiger partial charge in [-0.25, -0.2) is 0 Å². The molecule has 0 saturated carbocycles. The second-order valence-electron chi connectivity index (χ2n) is 4.31. The van der Waals surface area contributed by atoms with E-state index in [0.29, 0.717) is 0 Å². The minimum atomic E-state index is 0.242. The lowest BCUT2D eigenvalue weighted by atomic mass is 10.0. The number of benzene rings is 1. The zero-order valence-electron chi connectivity index (χ0n) is 11.0. The minimum Gasteiger partial charge on any atom is -0.385 e. The summed E-state index contributed by atoms with van der Waals surface area (Å²) < 4.78 is 5.10. The van der Waals surface area contributed by atoms with Crippen LogP contribution in [0.25, 0.3) is 0 Å². The maximum absolute atomic E-state index is 6.25. The molecule has 0 aliphatic carbocycles. The third-order valence-electron chi connectivity index (χ3n) is 2.82. The minimum absolute atomic E-state index is 0.242. The average Bonchev–Trinajstić information content (AvgIpc) is 2.37. The van der Waals surface area contributed by atoms with Crippen molar-refractivity contribution in [3.8, 4) is 0 Å². The van der Waals surface area contributed by atoms with Gasteiger partial charge < -0.3 is 10.1 Å². The Morgan fingerprint density at radius 2 is 2.11 bits per heavy atom. The number of nitrogens with one attached hydrogen (secondary N) is 1. The van der Waals surface area contributed by atoms with Gasteiger partial charge in [-0.1, -0.05) is 30.1 Å². The van der Waals surface area contributed by atoms with Gasteiger partial charge >= 0.3 is 0 Å². The zero-order valence-corrected chi connectivity index (χ0v) is 12.5. The lowest BCUT2D eigenvalue weighted by Gasteiger charge is -2.20. The molecule has 2 nitrogen and oxygen atoms in total. The fourth-order valence-electron chi connectivity index (χ4n) is 1.90. The molecule has 4 heteroatoms. The number of hydrogen-bond acceptors (Lipinski definition) is 2. The highest BCUT2D eigenvalue weighted by Crippen LogP contribution is 2.29. The molecule has 0 fully saturated rings. The zero-order chi connectivity index (χ0) is 13.4. The van der Waals surface area contributed by atoms with Crippen molar-refractivity contribution in [2.75, 3.05) is 20.3 Å². The van der Waals surface area contributed by atoms with E-state index in [1.165, 1.54) is 0 Å². The van der Waals surface area contributed by atoms with Crippen LogP contribution >= 0.6 is 23.2 Å². The van der Waals surface area contributed by atoms with Gasteiger partial charge in [-0.15, -0.1) is 0 Å². The van der Waals surface area contributed by atoms with Gasteiger partial charge in [-0.05, 0) is 49.6 Å². The molecule has 0 saturated heterocycles. The van der Waals surface area contributed by atoms with Gasteiger partial charge in [0.05, 0.1) is 0 Å². The van der Waals surface area contributed by atoms with Crippen molar-refractivity contribution in [1.82, 2.24) is 5.32 Å². The van der Waals surface area contributed by atoms with Crippen LogP contribution in [0.5, 0.6) is 0 Å². The van der Waals surface area contributed by atoms with Crippen LogP contribution in [0.4, 0.5) is 0 Å². The van der Waals surface area contributed by atoms with Crippen LogP contribution in [0.3, 0.4) is 0 Å². The van der Waals surface area contributed by atoms with Crippen LogP contribution in [0.1, 0.15) is 37.8 Å². The summed E-state index contributed by atoms with van der Waals surface area (Å²) in [5.41, 5.74) is 1.08. The van der Waals surface area contributed by atoms with Crippen molar-refractivity contribution in [1.29, 1.82) is 0 Å². The highest BCUT2D eigenvalue weighted by Gasteiger charge is 2.14. The lowest BCUT2D eigenvalue weighted by molar-refractivity contribution is 0.188. The van der Waals surface area contributed by atoms with Gasteiger partial charge in [0.2, 0.25) is 0 Å². The first kappa shape index (κ1) is 15.8. The summed E-state index contributed by atoms with van der Waals surface area (Å²) in [5.74, 6) is 0. The average molecular weight is 290 g/mol. The molecule has 1 N–H and O–H groups in total. The molecule has 0 spiro atoms. The number of hydrogen-bond donors (Lipinski definition) is 1. The SMILES string of the molecule is CCCNC(CCCOC)c1cc(Cl)ccc1Cl. The Morgan fingerprint density at radius 3 is 2.78 bits per heavy atom. The van der Waals surface area contributed by atoms with Gasteiger partial charge in [-0.2, -0.15) is 0 Å². The normalized spacial score (nSPS) is 12.7. The summed E-state index contributed by atoms with van der Waals surface area (Å²) in [6.07, 6.45) is 3.09. The van der Waals surface area contributed by atoms with Gasteiger partial charge in [-0.3, -0.25) is 0 Å².